The Morgan fingerprint density at radius 1 is 0.554 bits per heavy atom. The molecule has 1 aromatic carbocycles. The van der Waals surface area contributed by atoms with Gasteiger partial charge < -0.3 is 9.47 Å². The number of hydrogen-bond donors (Lipinski definition) is 0. The van der Waals surface area contributed by atoms with Crippen molar-refractivity contribution in [3.8, 4) is 0 Å². The first-order valence-electron chi connectivity index (χ1n) is 20.0. The quantitative estimate of drug-likeness (QED) is 0.191. The average molecular weight is 817 g/mol. The Labute approximate surface area is 320 Å². The maximum atomic E-state index is 16.1. The third-order valence-corrected chi connectivity index (χ3v) is 21.5. The average Bonchev–Trinajstić information content (AvgIpc) is 3.95. The highest BCUT2D eigenvalue weighted by Gasteiger charge is 2.97. The Kier molecular flexibility index (Phi) is 5.84. The first kappa shape index (κ1) is 35.1. The summed E-state index contributed by atoms with van der Waals surface area (Å²) in [5.41, 5.74) is -7.92. The molecule has 8 nitrogen and oxygen atoms in total. The van der Waals surface area contributed by atoms with Gasteiger partial charge in [-0.2, -0.15) is 26.3 Å². The van der Waals surface area contributed by atoms with Crippen molar-refractivity contribution in [1.82, 2.24) is 9.80 Å². The van der Waals surface area contributed by atoms with Crippen LogP contribution in [0, 0.1) is 71.0 Å². The number of fused-ring (bicyclic) bond motifs is 1. The Bertz CT molecular complexity index is 2000. The van der Waals surface area contributed by atoms with Crippen LogP contribution in [0.3, 0.4) is 0 Å². The van der Waals surface area contributed by atoms with E-state index >= 15 is 26.3 Å². The van der Waals surface area contributed by atoms with E-state index < -0.39 is 146 Å². The normalized spacial score (nSPS) is 49.6. The molecule has 298 valence electrons. The van der Waals surface area contributed by atoms with Crippen LogP contribution >= 0.6 is 0 Å². The number of halogens is 6. The molecule has 0 radical (unpaired) electrons. The molecular formula is C40H42F6N2O6Si2. The zero-order chi connectivity index (χ0) is 39.8. The summed E-state index contributed by atoms with van der Waals surface area (Å²) >= 11 is 0. The van der Waals surface area contributed by atoms with Crippen molar-refractivity contribution in [2.75, 3.05) is 13.1 Å². The molecule has 10 fully saturated rings. The fourth-order valence-corrected chi connectivity index (χ4v) is 21.1. The summed E-state index contributed by atoms with van der Waals surface area (Å²) < 4.78 is 109. The molecule has 1 aromatic rings. The lowest BCUT2D eigenvalue weighted by atomic mass is 9.46. The molecule has 14 bridgehead atoms. The molecule has 0 spiro atoms. The molecule has 4 saturated carbocycles. The number of rotatable bonds is 2. The highest BCUT2D eigenvalue weighted by Crippen LogP contribution is 2.86. The zero-order valence-corrected chi connectivity index (χ0v) is 33.7. The van der Waals surface area contributed by atoms with Crippen LogP contribution < -0.4 is 10.4 Å². The number of alkyl halides is 6. The van der Waals surface area contributed by atoms with E-state index in [1.807, 2.05) is 0 Å². The van der Waals surface area contributed by atoms with Crippen LogP contribution in [0.4, 0.5) is 26.3 Å². The van der Waals surface area contributed by atoms with E-state index in [0.29, 0.717) is 11.1 Å². The minimum absolute atomic E-state index is 0.116. The van der Waals surface area contributed by atoms with Crippen LogP contribution in [0.15, 0.2) is 24.3 Å². The lowest BCUT2D eigenvalue weighted by Gasteiger charge is -2.53. The number of nitrogens with zero attached hydrogens (tertiary/aromatic N) is 2. The van der Waals surface area contributed by atoms with Gasteiger partial charge in [-0.05, 0) is 59.8 Å². The minimum atomic E-state index is -5.28. The van der Waals surface area contributed by atoms with Gasteiger partial charge >= 0.3 is 12.4 Å². The Morgan fingerprint density at radius 2 is 0.857 bits per heavy atom. The Hall–Kier alpha value is -2.83. The second-order valence-corrected chi connectivity index (χ2v) is 31.3. The Balaban J connectivity index is 1.11. The summed E-state index contributed by atoms with van der Waals surface area (Å²) in [5, 5.41) is 2.38. The first-order valence-corrected chi connectivity index (χ1v) is 27.0. The van der Waals surface area contributed by atoms with Crippen molar-refractivity contribution in [2.24, 2.45) is 71.0 Å². The second kappa shape index (κ2) is 9.31. The number of hydrogen-bond acceptors (Lipinski definition) is 6. The van der Waals surface area contributed by atoms with Gasteiger partial charge in [0.05, 0.1) is 52.9 Å². The van der Waals surface area contributed by atoms with E-state index in [2.05, 4.69) is 51.4 Å². The van der Waals surface area contributed by atoms with Crippen molar-refractivity contribution in [2.45, 2.75) is 86.9 Å². The van der Waals surface area contributed by atoms with Crippen LogP contribution in [-0.4, -0.2) is 86.2 Å². The molecule has 56 heavy (non-hydrogen) atoms. The van der Waals surface area contributed by atoms with Gasteiger partial charge in [0.1, 0.15) is 11.2 Å². The fourth-order valence-electron chi connectivity index (χ4n) is 15.9. The highest BCUT2D eigenvalue weighted by atomic mass is 28.3. The predicted molar refractivity (Wildman–Crippen MR) is 189 cm³/mol. The van der Waals surface area contributed by atoms with Gasteiger partial charge in [0, 0.05) is 23.7 Å². The summed E-state index contributed by atoms with van der Waals surface area (Å²) in [5.74, 6) is -19.1. The number of carbonyl (C=O) groups is 4. The van der Waals surface area contributed by atoms with Crippen LogP contribution in [0.5, 0.6) is 0 Å². The molecule has 6 saturated heterocycles. The molecule has 16 atom stereocenters. The molecule has 4 aliphatic carbocycles. The minimum Gasteiger partial charge on any atom is -0.348 e. The summed E-state index contributed by atoms with van der Waals surface area (Å²) in [6.07, 6.45) is -7.22. The molecule has 8 heterocycles. The van der Waals surface area contributed by atoms with E-state index in [1.54, 1.807) is 12.2 Å². The van der Waals surface area contributed by atoms with Crippen molar-refractivity contribution >= 4 is 50.1 Å². The predicted octanol–water partition coefficient (Wildman–Crippen LogP) is 4.39. The third-order valence-electron chi connectivity index (χ3n) is 17.2. The molecular weight excluding hydrogens is 775 g/mol. The Morgan fingerprint density at radius 3 is 1.12 bits per heavy atom. The van der Waals surface area contributed by atoms with E-state index in [1.165, 1.54) is 10.4 Å². The number of amides is 4. The van der Waals surface area contributed by atoms with Crippen molar-refractivity contribution in [3.63, 3.8) is 0 Å². The van der Waals surface area contributed by atoms with Gasteiger partial charge in [0.25, 0.3) is 0 Å². The monoisotopic (exact) mass is 816 g/mol. The van der Waals surface area contributed by atoms with E-state index in [4.69, 9.17) is 9.47 Å². The van der Waals surface area contributed by atoms with Gasteiger partial charge in [0.2, 0.25) is 23.6 Å². The third kappa shape index (κ3) is 3.35. The lowest BCUT2D eigenvalue weighted by Crippen LogP contribution is -2.66. The molecule has 0 N–H and O–H groups in total. The van der Waals surface area contributed by atoms with Gasteiger partial charge in [-0.3, -0.25) is 29.0 Å². The van der Waals surface area contributed by atoms with Crippen molar-refractivity contribution in [1.29, 1.82) is 0 Å². The molecule has 4 unspecified atom stereocenters. The molecule has 0 aromatic heterocycles. The van der Waals surface area contributed by atoms with Crippen molar-refractivity contribution < 1.29 is 55.0 Å². The van der Waals surface area contributed by atoms with E-state index in [0.717, 1.165) is 9.80 Å². The van der Waals surface area contributed by atoms with Crippen molar-refractivity contribution in [3.05, 3.63) is 35.4 Å². The number of ether oxygens (including phenoxy) is 2. The van der Waals surface area contributed by atoms with Gasteiger partial charge in [-0.15, -0.1) is 0 Å². The largest absolute Gasteiger partial charge is 0.418 e. The van der Waals surface area contributed by atoms with E-state index in [-0.39, 0.29) is 25.9 Å². The molecule has 4 amide bonds. The van der Waals surface area contributed by atoms with Crippen LogP contribution in [0.25, 0.3) is 0 Å². The maximum absolute atomic E-state index is 16.1. The van der Waals surface area contributed by atoms with Gasteiger partial charge in [-0.25, -0.2) is 0 Å². The fraction of sp³-hybridized carbons (Fsp3) is 0.700. The van der Waals surface area contributed by atoms with E-state index in [9.17, 15) is 19.2 Å². The molecule has 16 heteroatoms. The highest BCUT2D eigenvalue weighted by molar-refractivity contribution is 6.98. The summed E-state index contributed by atoms with van der Waals surface area (Å²) in [4.78, 5) is 60.9. The second-order valence-electron chi connectivity index (χ2n) is 21.2. The number of carbonyl (C=O) groups excluding carboxylic acids is 4. The SMILES string of the molecule is C[Si](C)(C)c1cc2c(cc1[Si](C)(C)C)C13C=CC2(CN2C(=O)[C@@H]4[C@@H]5C[C@H]([C@@H]4C2=O)[C@H]2[C@@H]5C4(C(F)(F)F)OC2(C(F)(F)F)[C@@H]2[C@H]5C[C@H]([C@@H]6C(=O)N(C1)C(=O)[C@H]56)[C@@H]24)O3. The molecule has 8 aliphatic heterocycles. The lowest BCUT2D eigenvalue weighted by molar-refractivity contribution is -0.329. The topological polar surface area (TPSA) is 93.2 Å². The summed E-state index contributed by atoms with van der Waals surface area (Å²) in [6.45, 7) is 12.8. The molecule has 12 aliphatic rings. The first-order chi connectivity index (χ1) is 25.9. The van der Waals surface area contributed by atoms with Crippen LogP contribution in [0.1, 0.15) is 24.0 Å². The summed E-state index contributed by atoms with van der Waals surface area (Å²) in [7, 11) is -4.11. The standard InChI is InChI=1S/C40H42F6N2O6Si2/c1-55(2,3)21-11-19-20(12-22(21)56(4,5)6)36-8-7-35(19,53-36)13-47-31(49)23-15-9-16(24(23)32(47)50)28-27(15)37(39(41,42)43)29-17-10-18(30(29)38(28,54-37)40(44,45)46)26-25(17)33(51)48(14-36)34(26)52/h7-8,11-12,15-18,23-30H,9-10,13-14H2,1-6H3/t15-,16+,17+,18-,23+,24-,25-,26+,27+,28-,29-,30+,35?,36?,37?,38?. The van der Waals surface area contributed by atoms with Crippen LogP contribution in [-0.2, 0) is 39.9 Å². The van der Waals surface area contributed by atoms with Gasteiger partial charge in [-0.1, -0.05) is 61.8 Å². The zero-order valence-electron chi connectivity index (χ0n) is 31.7. The maximum Gasteiger partial charge on any atom is 0.418 e. The molecule has 13 rings (SSSR count). The smallest absolute Gasteiger partial charge is 0.348 e. The summed E-state index contributed by atoms with van der Waals surface area (Å²) in [6, 6.07) is 4.24. The number of benzene rings is 1. The van der Waals surface area contributed by atoms with Gasteiger partial charge in [0.15, 0.2) is 11.2 Å². The number of imide groups is 2. The van der Waals surface area contributed by atoms with Crippen LogP contribution in [0.2, 0.25) is 39.3 Å².